The molecule has 0 aliphatic rings. The van der Waals surface area contributed by atoms with Crippen LogP contribution in [0.5, 0.6) is 0 Å². The number of para-hydroxylation sites is 2. The number of amides is 2. The van der Waals surface area contributed by atoms with Crippen molar-refractivity contribution in [3.05, 3.63) is 65.9 Å². The maximum Gasteiger partial charge on any atom is 0.319 e. The lowest BCUT2D eigenvalue weighted by molar-refractivity contribution is 0.0388. The summed E-state index contributed by atoms with van der Waals surface area (Å²) in [5.41, 5.74) is -1.44. The van der Waals surface area contributed by atoms with Gasteiger partial charge in [-0.3, -0.25) is 0 Å². The van der Waals surface area contributed by atoms with E-state index in [0.717, 1.165) is 17.5 Å². The highest BCUT2D eigenvalue weighted by molar-refractivity contribution is 5.89. The first-order valence-electron chi connectivity index (χ1n) is 7.57. The summed E-state index contributed by atoms with van der Waals surface area (Å²) in [5.74, 6) is -1.51. The number of halogens is 2. The zero-order valence-electron chi connectivity index (χ0n) is 13.3. The van der Waals surface area contributed by atoms with Crippen molar-refractivity contribution < 1.29 is 23.1 Å². The van der Waals surface area contributed by atoms with Crippen LogP contribution in [-0.2, 0) is 5.60 Å². The number of rotatable bonds is 4. The molecular formula is C18H16F2N2O3. The Morgan fingerprint density at radius 3 is 2.52 bits per heavy atom. The summed E-state index contributed by atoms with van der Waals surface area (Å²) in [5, 5.41) is 15.8. The fourth-order valence-corrected chi connectivity index (χ4v) is 2.36. The Labute approximate surface area is 142 Å². The fraction of sp³-hybridized carbons (Fsp3) is 0.167. The van der Waals surface area contributed by atoms with Gasteiger partial charge in [0.05, 0.1) is 6.54 Å². The number of carbonyl (C=O) groups is 1. The van der Waals surface area contributed by atoms with Gasteiger partial charge in [-0.25, -0.2) is 13.6 Å². The molecule has 0 bridgehead atoms. The van der Waals surface area contributed by atoms with Crippen molar-refractivity contribution in [2.24, 2.45) is 0 Å². The van der Waals surface area contributed by atoms with Crippen LogP contribution in [-0.4, -0.2) is 17.7 Å². The topological polar surface area (TPSA) is 74.5 Å². The second-order valence-corrected chi connectivity index (χ2v) is 5.83. The Kier molecular flexibility index (Phi) is 4.41. The third-order valence-electron chi connectivity index (χ3n) is 3.75. The fourth-order valence-electron chi connectivity index (χ4n) is 2.36. The van der Waals surface area contributed by atoms with E-state index in [1.165, 1.54) is 13.0 Å². The molecule has 0 saturated heterocycles. The minimum Gasteiger partial charge on any atom is -0.458 e. The second kappa shape index (κ2) is 6.52. The highest BCUT2D eigenvalue weighted by Crippen LogP contribution is 2.27. The van der Waals surface area contributed by atoms with E-state index < -0.39 is 29.0 Å². The number of hydrogen-bond donors (Lipinski definition) is 3. The van der Waals surface area contributed by atoms with E-state index in [4.69, 9.17) is 4.42 Å². The van der Waals surface area contributed by atoms with Crippen molar-refractivity contribution in [1.29, 1.82) is 0 Å². The van der Waals surface area contributed by atoms with E-state index in [1.54, 1.807) is 18.2 Å². The zero-order chi connectivity index (χ0) is 18.0. The van der Waals surface area contributed by atoms with Gasteiger partial charge in [-0.2, -0.15) is 0 Å². The van der Waals surface area contributed by atoms with Gasteiger partial charge in [-0.1, -0.05) is 24.3 Å². The van der Waals surface area contributed by atoms with E-state index in [-0.39, 0.29) is 12.3 Å². The van der Waals surface area contributed by atoms with Crippen molar-refractivity contribution in [2.75, 3.05) is 11.9 Å². The lowest BCUT2D eigenvalue weighted by atomic mass is 10.0. The largest absolute Gasteiger partial charge is 0.458 e. The summed E-state index contributed by atoms with van der Waals surface area (Å²) in [6.07, 6.45) is 0. The molecule has 0 aliphatic carbocycles. The number of furan rings is 1. The number of nitrogens with one attached hydrogen (secondary N) is 2. The molecule has 3 N–H and O–H groups in total. The third-order valence-corrected chi connectivity index (χ3v) is 3.75. The molecule has 0 aliphatic heterocycles. The standard InChI is InChI=1S/C18H16F2N2O3/c1-18(24,15-9-11-5-2-3-8-14(11)25-15)10-21-17(23)22-16-12(19)6-4-7-13(16)20/h2-9,24H,10H2,1H3,(H2,21,22,23)/t18-/m1/s1. The molecule has 7 heteroatoms. The Morgan fingerprint density at radius 2 is 1.84 bits per heavy atom. The minimum atomic E-state index is -1.50. The first kappa shape index (κ1) is 16.9. The van der Waals surface area contributed by atoms with Gasteiger partial charge in [-0.15, -0.1) is 0 Å². The van der Waals surface area contributed by atoms with Gasteiger partial charge in [0.1, 0.15) is 34.3 Å². The van der Waals surface area contributed by atoms with Gasteiger partial charge < -0.3 is 20.2 Å². The van der Waals surface area contributed by atoms with Crippen LogP contribution in [0.25, 0.3) is 11.0 Å². The van der Waals surface area contributed by atoms with Crippen LogP contribution in [0.4, 0.5) is 19.3 Å². The molecule has 1 heterocycles. The van der Waals surface area contributed by atoms with Gasteiger partial charge in [-0.05, 0) is 31.2 Å². The van der Waals surface area contributed by atoms with Crippen molar-refractivity contribution in [3.63, 3.8) is 0 Å². The summed E-state index contributed by atoms with van der Waals surface area (Å²) < 4.78 is 32.6. The van der Waals surface area contributed by atoms with Gasteiger partial charge in [0.15, 0.2) is 0 Å². The Balaban J connectivity index is 1.68. The van der Waals surface area contributed by atoms with E-state index in [1.807, 2.05) is 12.1 Å². The first-order chi connectivity index (χ1) is 11.9. The monoisotopic (exact) mass is 346 g/mol. The maximum atomic E-state index is 13.5. The van der Waals surface area contributed by atoms with Crippen molar-refractivity contribution in [2.45, 2.75) is 12.5 Å². The molecule has 0 fully saturated rings. The van der Waals surface area contributed by atoms with Crippen LogP contribution in [0.1, 0.15) is 12.7 Å². The molecular weight excluding hydrogens is 330 g/mol. The maximum absolute atomic E-state index is 13.5. The van der Waals surface area contributed by atoms with Crippen LogP contribution in [0, 0.1) is 11.6 Å². The quantitative estimate of drug-likeness (QED) is 0.674. The molecule has 5 nitrogen and oxygen atoms in total. The number of hydrogen-bond acceptors (Lipinski definition) is 3. The van der Waals surface area contributed by atoms with Crippen molar-refractivity contribution >= 4 is 22.7 Å². The van der Waals surface area contributed by atoms with Gasteiger partial charge in [0.25, 0.3) is 0 Å². The van der Waals surface area contributed by atoms with Gasteiger partial charge in [0.2, 0.25) is 0 Å². The van der Waals surface area contributed by atoms with E-state index in [2.05, 4.69) is 10.6 Å². The molecule has 0 radical (unpaired) electrons. The summed E-state index contributed by atoms with van der Waals surface area (Å²) >= 11 is 0. The van der Waals surface area contributed by atoms with E-state index in [9.17, 15) is 18.7 Å². The SMILES string of the molecule is C[C@@](O)(CNC(=O)Nc1c(F)cccc1F)c1cc2ccccc2o1. The van der Waals surface area contributed by atoms with Crippen molar-refractivity contribution in [3.8, 4) is 0 Å². The molecule has 3 aromatic rings. The first-order valence-corrected chi connectivity index (χ1v) is 7.57. The molecule has 0 saturated carbocycles. The lowest BCUT2D eigenvalue weighted by Crippen LogP contribution is -2.40. The van der Waals surface area contributed by atoms with Crippen LogP contribution < -0.4 is 10.6 Å². The molecule has 2 amide bonds. The van der Waals surface area contributed by atoms with Crippen LogP contribution in [0.2, 0.25) is 0 Å². The lowest BCUT2D eigenvalue weighted by Gasteiger charge is -2.21. The number of benzene rings is 2. The molecule has 1 atom stereocenters. The second-order valence-electron chi connectivity index (χ2n) is 5.83. The van der Waals surface area contributed by atoms with E-state index in [0.29, 0.717) is 5.58 Å². The molecule has 25 heavy (non-hydrogen) atoms. The highest BCUT2D eigenvalue weighted by Gasteiger charge is 2.28. The molecule has 2 aromatic carbocycles. The summed E-state index contributed by atoms with van der Waals surface area (Å²) in [6, 6.07) is 11.3. The molecule has 3 rings (SSSR count). The number of carbonyl (C=O) groups excluding carboxylic acids is 1. The number of fused-ring (bicyclic) bond motifs is 1. The predicted molar refractivity (Wildman–Crippen MR) is 89.2 cm³/mol. The summed E-state index contributed by atoms with van der Waals surface area (Å²) in [6.45, 7) is 1.25. The third kappa shape index (κ3) is 3.61. The average molecular weight is 346 g/mol. The Bertz CT molecular complexity index is 868. The molecule has 0 unspecified atom stereocenters. The zero-order valence-corrected chi connectivity index (χ0v) is 13.3. The molecule has 130 valence electrons. The van der Waals surface area contributed by atoms with E-state index >= 15 is 0 Å². The predicted octanol–water partition coefficient (Wildman–Crippen LogP) is 3.74. The van der Waals surface area contributed by atoms with Crippen LogP contribution in [0.15, 0.2) is 52.9 Å². The van der Waals surface area contributed by atoms with Gasteiger partial charge in [0, 0.05) is 5.39 Å². The number of urea groups is 1. The number of aliphatic hydroxyl groups is 1. The normalized spacial score (nSPS) is 13.4. The molecule has 1 aromatic heterocycles. The minimum absolute atomic E-state index is 0.214. The van der Waals surface area contributed by atoms with Crippen molar-refractivity contribution in [1.82, 2.24) is 5.32 Å². The van der Waals surface area contributed by atoms with Gasteiger partial charge >= 0.3 is 6.03 Å². The molecule has 0 spiro atoms. The average Bonchev–Trinajstić information content (AvgIpc) is 3.02. The summed E-state index contributed by atoms with van der Waals surface area (Å²) in [4.78, 5) is 11.9. The highest BCUT2D eigenvalue weighted by atomic mass is 19.1. The Hall–Kier alpha value is -2.93. The Morgan fingerprint density at radius 1 is 1.16 bits per heavy atom. The van der Waals surface area contributed by atoms with Crippen LogP contribution >= 0.6 is 0 Å². The smallest absolute Gasteiger partial charge is 0.319 e. The van der Waals surface area contributed by atoms with Crippen LogP contribution in [0.3, 0.4) is 0 Å². The number of anilines is 1. The summed E-state index contributed by atoms with van der Waals surface area (Å²) in [7, 11) is 0.